The van der Waals surface area contributed by atoms with Crippen molar-refractivity contribution < 1.29 is 9.59 Å². The van der Waals surface area contributed by atoms with Gasteiger partial charge in [0, 0.05) is 17.5 Å². The van der Waals surface area contributed by atoms with Gasteiger partial charge >= 0.3 is 0 Å². The highest BCUT2D eigenvalue weighted by Gasteiger charge is 2.36. The molecule has 1 aromatic heterocycles. The summed E-state index contributed by atoms with van der Waals surface area (Å²) < 4.78 is 0. The van der Waals surface area contributed by atoms with E-state index in [2.05, 4.69) is 10.3 Å². The van der Waals surface area contributed by atoms with Crippen LogP contribution in [0.25, 0.3) is 6.08 Å². The first kappa shape index (κ1) is 20.9. The summed E-state index contributed by atoms with van der Waals surface area (Å²) >= 11 is 2.94. The fourth-order valence-corrected chi connectivity index (χ4v) is 5.31. The van der Waals surface area contributed by atoms with Crippen LogP contribution in [0.2, 0.25) is 0 Å². The molecule has 1 N–H and O–H groups in total. The molecule has 0 unspecified atom stereocenters. The predicted octanol–water partition coefficient (Wildman–Crippen LogP) is 4.67. The molecule has 0 radical (unpaired) electrons. The lowest BCUT2D eigenvalue weighted by atomic mass is 9.94. The first-order chi connectivity index (χ1) is 14.7. The second-order valence-electron chi connectivity index (χ2n) is 7.46. The van der Waals surface area contributed by atoms with Gasteiger partial charge in [-0.05, 0) is 35.9 Å². The largest absolute Gasteiger partial charge is 0.351 e. The van der Waals surface area contributed by atoms with Gasteiger partial charge in [-0.25, -0.2) is 4.99 Å². The van der Waals surface area contributed by atoms with Crippen molar-refractivity contribution >= 4 is 46.2 Å². The van der Waals surface area contributed by atoms with Crippen LogP contribution in [0.1, 0.15) is 42.5 Å². The molecular formula is C23H25N3O2S2. The predicted molar refractivity (Wildman–Crippen MR) is 124 cm³/mol. The number of hydrogen-bond acceptors (Lipinski definition) is 5. The van der Waals surface area contributed by atoms with Gasteiger partial charge in [-0.15, -0.1) is 11.3 Å². The molecule has 2 aromatic rings. The van der Waals surface area contributed by atoms with Crippen molar-refractivity contribution in [2.75, 3.05) is 5.75 Å². The maximum Gasteiger partial charge on any atom is 0.278 e. The number of benzene rings is 1. The number of amides is 2. The normalized spacial score (nSPS) is 18.7. The van der Waals surface area contributed by atoms with E-state index in [4.69, 9.17) is 0 Å². The molecule has 0 spiro atoms. The Morgan fingerprint density at radius 2 is 1.97 bits per heavy atom. The van der Waals surface area contributed by atoms with E-state index in [0.717, 1.165) is 36.1 Å². The number of aliphatic imine (C=N–C) groups is 1. The highest BCUT2D eigenvalue weighted by Crippen LogP contribution is 2.32. The molecule has 1 fully saturated rings. The topological polar surface area (TPSA) is 61.8 Å². The van der Waals surface area contributed by atoms with Crippen LogP contribution >= 0.6 is 23.1 Å². The van der Waals surface area contributed by atoms with Crippen molar-refractivity contribution in [1.29, 1.82) is 0 Å². The Kier molecular flexibility index (Phi) is 7.02. The highest BCUT2D eigenvalue weighted by atomic mass is 32.2. The number of carbonyl (C=O) groups is 2. The van der Waals surface area contributed by atoms with Crippen molar-refractivity contribution in [3.05, 3.63) is 64.0 Å². The quantitative estimate of drug-likeness (QED) is 0.666. The molecule has 156 valence electrons. The summed E-state index contributed by atoms with van der Waals surface area (Å²) in [5, 5.41) is 5.59. The van der Waals surface area contributed by atoms with Crippen molar-refractivity contribution in [3.8, 4) is 0 Å². The SMILES string of the molecule is O=C(CSC1=NC(=Cc2cccs2)C(=O)N1C1CCCCC1)NCc1ccccc1. The molecule has 0 saturated heterocycles. The fourth-order valence-electron chi connectivity index (χ4n) is 3.76. The second-order valence-corrected chi connectivity index (χ2v) is 9.38. The molecule has 1 saturated carbocycles. The number of amidine groups is 1. The van der Waals surface area contributed by atoms with Crippen LogP contribution < -0.4 is 5.32 Å². The maximum absolute atomic E-state index is 13.1. The number of thiophene rings is 1. The average molecular weight is 440 g/mol. The van der Waals surface area contributed by atoms with E-state index in [1.54, 1.807) is 11.3 Å². The summed E-state index contributed by atoms with van der Waals surface area (Å²) in [7, 11) is 0. The minimum Gasteiger partial charge on any atom is -0.351 e. The van der Waals surface area contributed by atoms with Gasteiger partial charge in [0.15, 0.2) is 5.17 Å². The van der Waals surface area contributed by atoms with Crippen molar-refractivity contribution in [2.45, 2.75) is 44.7 Å². The maximum atomic E-state index is 13.1. The summed E-state index contributed by atoms with van der Waals surface area (Å²) in [6.07, 6.45) is 7.33. The Labute approximate surface area is 185 Å². The average Bonchev–Trinajstić information content (AvgIpc) is 3.40. The van der Waals surface area contributed by atoms with Gasteiger partial charge in [-0.1, -0.05) is 67.4 Å². The first-order valence-corrected chi connectivity index (χ1v) is 12.2. The monoisotopic (exact) mass is 439 g/mol. The zero-order chi connectivity index (χ0) is 20.8. The number of hydrogen-bond donors (Lipinski definition) is 1. The van der Waals surface area contributed by atoms with Gasteiger partial charge in [-0.3, -0.25) is 14.5 Å². The summed E-state index contributed by atoms with van der Waals surface area (Å²) in [5.74, 6) is 0.148. The molecule has 1 aliphatic carbocycles. The fraction of sp³-hybridized carbons (Fsp3) is 0.348. The van der Waals surface area contributed by atoms with Crippen molar-refractivity contribution in [2.24, 2.45) is 4.99 Å². The summed E-state index contributed by atoms with van der Waals surface area (Å²) in [4.78, 5) is 33.0. The summed E-state index contributed by atoms with van der Waals surface area (Å²) in [5.41, 5.74) is 1.53. The van der Waals surface area contributed by atoms with Gasteiger partial charge in [-0.2, -0.15) is 0 Å². The van der Waals surface area contributed by atoms with Crippen molar-refractivity contribution in [1.82, 2.24) is 10.2 Å². The molecule has 4 rings (SSSR count). The number of rotatable bonds is 6. The van der Waals surface area contributed by atoms with Crippen LogP contribution in [-0.2, 0) is 16.1 Å². The van der Waals surface area contributed by atoms with E-state index in [9.17, 15) is 9.59 Å². The Morgan fingerprint density at radius 1 is 1.17 bits per heavy atom. The summed E-state index contributed by atoms with van der Waals surface area (Å²) in [6.45, 7) is 0.501. The molecule has 30 heavy (non-hydrogen) atoms. The lowest BCUT2D eigenvalue weighted by Gasteiger charge is -2.31. The zero-order valence-electron chi connectivity index (χ0n) is 16.8. The highest BCUT2D eigenvalue weighted by molar-refractivity contribution is 8.14. The Hall–Kier alpha value is -2.38. The van der Waals surface area contributed by atoms with Crippen LogP contribution in [0, 0.1) is 0 Å². The minimum absolute atomic E-state index is 0.0394. The van der Waals surface area contributed by atoms with Crippen LogP contribution in [0.3, 0.4) is 0 Å². The van der Waals surface area contributed by atoms with E-state index < -0.39 is 0 Å². The number of carbonyl (C=O) groups excluding carboxylic acids is 2. The third kappa shape index (κ3) is 5.21. The third-order valence-electron chi connectivity index (χ3n) is 5.29. The smallest absolute Gasteiger partial charge is 0.278 e. The molecular weight excluding hydrogens is 414 g/mol. The lowest BCUT2D eigenvalue weighted by molar-refractivity contribution is -0.124. The molecule has 0 atom stereocenters. The van der Waals surface area contributed by atoms with Gasteiger partial charge in [0.2, 0.25) is 5.91 Å². The molecule has 7 heteroatoms. The molecule has 5 nitrogen and oxygen atoms in total. The van der Waals surface area contributed by atoms with E-state index >= 15 is 0 Å². The first-order valence-electron chi connectivity index (χ1n) is 10.3. The van der Waals surface area contributed by atoms with Crippen LogP contribution in [0.15, 0.2) is 58.5 Å². The zero-order valence-corrected chi connectivity index (χ0v) is 18.4. The number of nitrogens with one attached hydrogen (secondary N) is 1. The van der Waals surface area contributed by atoms with Crippen LogP contribution in [0.5, 0.6) is 0 Å². The van der Waals surface area contributed by atoms with Gasteiger partial charge in [0.25, 0.3) is 5.91 Å². The molecule has 0 bridgehead atoms. The van der Waals surface area contributed by atoms with E-state index in [1.807, 2.05) is 58.8 Å². The van der Waals surface area contributed by atoms with E-state index in [1.165, 1.54) is 18.2 Å². The van der Waals surface area contributed by atoms with Gasteiger partial charge in [0.05, 0.1) is 5.75 Å². The standard InChI is InChI=1S/C23H25N3O2S2/c27-21(24-15-17-8-3-1-4-9-17)16-30-23-25-20(14-19-12-7-13-29-19)22(28)26(23)18-10-5-2-6-11-18/h1,3-4,7-9,12-14,18H,2,5-6,10-11,15-16H2,(H,24,27). The Bertz CT molecular complexity index is 933. The molecule has 1 aromatic carbocycles. The van der Waals surface area contributed by atoms with Gasteiger partial charge < -0.3 is 5.32 Å². The minimum atomic E-state index is -0.0571. The third-order valence-corrected chi connectivity index (χ3v) is 7.06. The lowest BCUT2D eigenvalue weighted by Crippen LogP contribution is -2.41. The molecule has 2 aliphatic rings. The van der Waals surface area contributed by atoms with Gasteiger partial charge in [0.1, 0.15) is 5.70 Å². The van der Waals surface area contributed by atoms with E-state index in [0.29, 0.717) is 17.4 Å². The van der Waals surface area contributed by atoms with Crippen molar-refractivity contribution in [3.63, 3.8) is 0 Å². The summed E-state index contributed by atoms with van der Waals surface area (Å²) in [6, 6.07) is 14.0. The number of nitrogens with zero attached hydrogens (tertiary/aromatic N) is 2. The second kappa shape index (κ2) is 10.1. The number of thioether (sulfide) groups is 1. The Balaban J connectivity index is 1.43. The Morgan fingerprint density at radius 3 is 2.70 bits per heavy atom. The molecule has 2 amide bonds. The van der Waals surface area contributed by atoms with Crippen LogP contribution in [0.4, 0.5) is 0 Å². The van der Waals surface area contributed by atoms with E-state index in [-0.39, 0.29) is 23.6 Å². The molecule has 1 aliphatic heterocycles. The van der Waals surface area contributed by atoms with Crippen LogP contribution in [-0.4, -0.2) is 33.7 Å². The molecule has 2 heterocycles.